The van der Waals surface area contributed by atoms with Crippen molar-refractivity contribution < 1.29 is 13.6 Å². The number of nitrogens with two attached hydrogens (primary N) is 1. The number of carbonyl (C=O) groups is 1. The molecule has 0 radical (unpaired) electrons. The molecule has 5 rings (SSSR count). The van der Waals surface area contributed by atoms with Gasteiger partial charge in [0.05, 0.1) is 12.8 Å². The van der Waals surface area contributed by atoms with Crippen LogP contribution in [0.4, 0.5) is 0 Å². The van der Waals surface area contributed by atoms with Crippen molar-refractivity contribution in [3.8, 4) is 0 Å². The second-order valence-electron chi connectivity index (χ2n) is 7.57. The predicted octanol–water partition coefficient (Wildman–Crippen LogP) is 3.89. The summed E-state index contributed by atoms with van der Waals surface area (Å²) in [5, 5.41) is 12.3. The van der Waals surface area contributed by atoms with E-state index in [2.05, 4.69) is 10.2 Å². The number of nitrogens with zero attached hydrogens (tertiary/aromatic N) is 3. The summed E-state index contributed by atoms with van der Waals surface area (Å²) in [7, 11) is 0. The summed E-state index contributed by atoms with van der Waals surface area (Å²) in [5.41, 5.74) is 6.33. The number of benzene rings is 2. The van der Waals surface area contributed by atoms with E-state index in [0.717, 1.165) is 27.5 Å². The lowest BCUT2D eigenvalue weighted by molar-refractivity contribution is -0.118. The van der Waals surface area contributed by atoms with Crippen LogP contribution in [0.25, 0.3) is 21.7 Å². The van der Waals surface area contributed by atoms with Gasteiger partial charge in [0.1, 0.15) is 17.2 Å². The Morgan fingerprint density at radius 2 is 1.97 bits per heavy atom. The highest BCUT2D eigenvalue weighted by atomic mass is 32.2. The lowest BCUT2D eigenvalue weighted by Gasteiger charge is -2.10. The quantitative estimate of drug-likeness (QED) is 0.212. The lowest BCUT2D eigenvalue weighted by Crippen LogP contribution is -2.14. The summed E-state index contributed by atoms with van der Waals surface area (Å²) < 4.78 is 12.9. The fourth-order valence-corrected chi connectivity index (χ4v) is 4.78. The topological polar surface area (TPSA) is 117 Å². The molecule has 0 saturated heterocycles. The Bertz CT molecular complexity index is 1500. The van der Waals surface area contributed by atoms with Gasteiger partial charge in [0.25, 0.3) is 0 Å². The molecule has 3 aromatic heterocycles. The third kappa shape index (κ3) is 4.40. The molecule has 2 N–H and O–H groups in total. The first-order valence-corrected chi connectivity index (χ1v) is 11.4. The second-order valence-corrected chi connectivity index (χ2v) is 8.51. The van der Waals surface area contributed by atoms with Gasteiger partial charge in [0.15, 0.2) is 5.16 Å². The number of amides is 1. The van der Waals surface area contributed by atoms with E-state index in [9.17, 15) is 9.59 Å². The maximum Gasteiger partial charge on any atom is 0.336 e. The monoisotopic (exact) mass is 460 g/mol. The van der Waals surface area contributed by atoms with Crippen molar-refractivity contribution in [3.63, 3.8) is 0 Å². The molecule has 166 valence electrons. The molecule has 2 aromatic carbocycles. The molecule has 0 spiro atoms. The van der Waals surface area contributed by atoms with E-state index in [1.807, 2.05) is 53.1 Å². The molecule has 8 nitrogen and oxygen atoms in total. The molecule has 0 fully saturated rings. The molecule has 0 atom stereocenters. The Kier molecular flexibility index (Phi) is 5.70. The van der Waals surface area contributed by atoms with Gasteiger partial charge in [-0.2, -0.15) is 0 Å². The van der Waals surface area contributed by atoms with Gasteiger partial charge in [0, 0.05) is 30.0 Å². The zero-order valence-electron chi connectivity index (χ0n) is 17.6. The molecule has 3 heterocycles. The van der Waals surface area contributed by atoms with Crippen LogP contribution in [0.1, 0.15) is 23.6 Å². The van der Waals surface area contributed by atoms with Gasteiger partial charge in [-0.1, -0.05) is 42.1 Å². The molecule has 0 aliphatic rings. The number of carbonyl (C=O) groups excluding carboxylic acids is 1. The van der Waals surface area contributed by atoms with Crippen LogP contribution < -0.4 is 11.4 Å². The highest BCUT2D eigenvalue weighted by molar-refractivity contribution is 7.98. The molecule has 5 aromatic rings. The van der Waals surface area contributed by atoms with Crippen molar-refractivity contribution >= 4 is 39.4 Å². The zero-order chi connectivity index (χ0) is 22.8. The van der Waals surface area contributed by atoms with Crippen LogP contribution in [0.2, 0.25) is 0 Å². The van der Waals surface area contributed by atoms with Gasteiger partial charge >= 0.3 is 5.63 Å². The van der Waals surface area contributed by atoms with Crippen LogP contribution in [0.15, 0.2) is 79.6 Å². The van der Waals surface area contributed by atoms with E-state index in [1.165, 1.54) is 17.8 Å². The van der Waals surface area contributed by atoms with Crippen LogP contribution >= 0.6 is 11.8 Å². The second kappa shape index (κ2) is 8.95. The minimum absolute atomic E-state index is 0.178. The SMILES string of the molecule is NC(=O)CCc1nnc(SCc2cc(=O)oc3ccc4ccccc4c23)n1Cc1ccco1. The van der Waals surface area contributed by atoms with Gasteiger partial charge in [-0.05, 0) is 34.5 Å². The van der Waals surface area contributed by atoms with E-state index in [1.54, 1.807) is 6.26 Å². The van der Waals surface area contributed by atoms with Gasteiger partial charge in [-0.15, -0.1) is 10.2 Å². The number of hydrogen-bond donors (Lipinski definition) is 1. The average molecular weight is 461 g/mol. The maximum absolute atomic E-state index is 12.2. The smallest absolute Gasteiger partial charge is 0.336 e. The van der Waals surface area contributed by atoms with Gasteiger partial charge in [-0.25, -0.2) is 4.79 Å². The molecule has 9 heteroatoms. The van der Waals surface area contributed by atoms with Crippen molar-refractivity contribution in [1.29, 1.82) is 0 Å². The van der Waals surface area contributed by atoms with Crippen molar-refractivity contribution in [2.75, 3.05) is 0 Å². The van der Waals surface area contributed by atoms with Crippen molar-refractivity contribution in [1.82, 2.24) is 14.8 Å². The first kappa shape index (κ1) is 21.0. The molecule has 0 unspecified atom stereocenters. The van der Waals surface area contributed by atoms with Crippen LogP contribution in [0.5, 0.6) is 0 Å². The molecular formula is C24H20N4O4S. The van der Waals surface area contributed by atoms with E-state index >= 15 is 0 Å². The summed E-state index contributed by atoms with van der Waals surface area (Å²) >= 11 is 1.46. The highest BCUT2D eigenvalue weighted by Crippen LogP contribution is 2.31. The number of thioether (sulfide) groups is 1. The molecule has 1 amide bonds. The standard InChI is InChI=1S/C24H20N4O4S/c25-20(29)9-10-21-26-27-24(28(21)13-17-5-3-11-31-17)33-14-16-12-22(30)32-19-8-7-15-4-1-2-6-18(15)23(16)19/h1-8,11-12H,9-10,13-14H2,(H2,25,29). The van der Waals surface area contributed by atoms with E-state index in [4.69, 9.17) is 14.6 Å². The van der Waals surface area contributed by atoms with Gasteiger partial charge < -0.3 is 14.6 Å². The molecule has 0 saturated carbocycles. The third-order valence-electron chi connectivity index (χ3n) is 5.35. The van der Waals surface area contributed by atoms with Gasteiger partial charge in [-0.3, -0.25) is 9.36 Å². The summed E-state index contributed by atoms with van der Waals surface area (Å²) in [6.07, 6.45) is 2.17. The summed E-state index contributed by atoms with van der Waals surface area (Å²) in [6, 6.07) is 17.0. The number of aromatic nitrogens is 3. The molecular weight excluding hydrogens is 440 g/mol. The van der Waals surface area contributed by atoms with E-state index in [0.29, 0.717) is 35.3 Å². The third-order valence-corrected chi connectivity index (χ3v) is 6.37. The number of fused-ring (bicyclic) bond motifs is 3. The Labute approximate surface area is 192 Å². The Morgan fingerprint density at radius 3 is 2.79 bits per heavy atom. The molecule has 0 bridgehead atoms. The Balaban J connectivity index is 1.51. The Hall–Kier alpha value is -3.85. The lowest BCUT2D eigenvalue weighted by atomic mass is 10.0. The maximum atomic E-state index is 12.2. The fourth-order valence-electron chi connectivity index (χ4n) is 3.84. The summed E-state index contributed by atoms with van der Waals surface area (Å²) in [5.74, 6) is 1.48. The number of rotatable bonds is 8. The number of aryl methyl sites for hydroxylation is 1. The minimum atomic E-state index is -0.397. The molecule has 33 heavy (non-hydrogen) atoms. The molecule has 0 aliphatic heterocycles. The van der Waals surface area contributed by atoms with Crippen LogP contribution in [0.3, 0.4) is 0 Å². The largest absolute Gasteiger partial charge is 0.467 e. The highest BCUT2D eigenvalue weighted by Gasteiger charge is 2.17. The average Bonchev–Trinajstić information content (AvgIpc) is 3.46. The van der Waals surface area contributed by atoms with Gasteiger partial charge in [0.2, 0.25) is 5.91 Å². The van der Waals surface area contributed by atoms with E-state index in [-0.39, 0.29) is 6.42 Å². The van der Waals surface area contributed by atoms with Crippen LogP contribution in [-0.4, -0.2) is 20.7 Å². The molecule has 0 aliphatic carbocycles. The van der Waals surface area contributed by atoms with Crippen molar-refractivity contribution in [2.24, 2.45) is 5.73 Å². The normalized spacial score (nSPS) is 11.4. The van der Waals surface area contributed by atoms with Crippen LogP contribution in [0, 0.1) is 0 Å². The van der Waals surface area contributed by atoms with E-state index < -0.39 is 11.5 Å². The number of furan rings is 1. The number of primary amides is 1. The first-order chi connectivity index (χ1) is 16.1. The zero-order valence-corrected chi connectivity index (χ0v) is 18.4. The fraction of sp³-hybridized carbons (Fsp3) is 0.167. The van der Waals surface area contributed by atoms with Crippen LogP contribution in [-0.2, 0) is 23.5 Å². The van der Waals surface area contributed by atoms with Crippen molar-refractivity contribution in [3.05, 3.63) is 88.4 Å². The first-order valence-electron chi connectivity index (χ1n) is 10.4. The summed E-state index contributed by atoms with van der Waals surface area (Å²) in [6.45, 7) is 0.428. The van der Waals surface area contributed by atoms with Crippen molar-refractivity contribution in [2.45, 2.75) is 30.3 Å². The summed E-state index contributed by atoms with van der Waals surface area (Å²) in [4.78, 5) is 23.5. The predicted molar refractivity (Wildman–Crippen MR) is 125 cm³/mol. The Morgan fingerprint density at radius 1 is 1.09 bits per heavy atom. The minimum Gasteiger partial charge on any atom is -0.467 e. The number of hydrogen-bond acceptors (Lipinski definition) is 7.